The maximum absolute atomic E-state index is 13.5. The molecule has 1 amide bonds. The summed E-state index contributed by atoms with van der Waals surface area (Å²) in [6.07, 6.45) is -0.347. The zero-order valence-electron chi connectivity index (χ0n) is 31.0. The second-order valence-corrected chi connectivity index (χ2v) is 13.7. The molecule has 4 aromatic carbocycles. The number of phenolic OH excluding ortho intramolecular Hbond substituents is 2. The minimum atomic E-state index is -1.01. The van der Waals surface area contributed by atoms with Gasteiger partial charge in [0.25, 0.3) is 0 Å². The number of nitrogens with one attached hydrogen (secondary N) is 3. The Balaban J connectivity index is 0.000000382. The van der Waals surface area contributed by atoms with E-state index < -0.39 is 47.6 Å². The number of ether oxygens (including phenoxy) is 2. The van der Waals surface area contributed by atoms with Gasteiger partial charge in [-0.25, -0.2) is 17.6 Å². The Kier molecular flexibility index (Phi) is 20.0. The molecule has 0 bridgehead atoms. The molecule has 0 unspecified atom stereocenters. The van der Waals surface area contributed by atoms with Crippen LogP contribution in [-0.2, 0) is 17.6 Å². The number of nitrogens with two attached hydrogens (primary N) is 1. The van der Waals surface area contributed by atoms with E-state index in [0.717, 1.165) is 23.3 Å². The normalized spacial score (nSPS) is 17.2. The summed E-state index contributed by atoms with van der Waals surface area (Å²) >= 11 is 0. The van der Waals surface area contributed by atoms with Crippen molar-refractivity contribution in [1.82, 2.24) is 16.0 Å². The molecule has 320 valence electrons. The summed E-state index contributed by atoms with van der Waals surface area (Å²) in [5.74, 6) is -1.50. The van der Waals surface area contributed by atoms with Gasteiger partial charge in [-0.3, -0.25) is 4.79 Å². The van der Waals surface area contributed by atoms with Gasteiger partial charge in [-0.2, -0.15) is 0 Å². The van der Waals surface area contributed by atoms with Gasteiger partial charge in [-0.05, 0) is 84.6 Å². The fourth-order valence-corrected chi connectivity index (χ4v) is 6.67. The monoisotopic (exact) mass is 858 g/mol. The van der Waals surface area contributed by atoms with Crippen molar-refractivity contribution in [1.29, 1.82) is 0 Å². The van der Waals surface area contributed by atoms with Crippen LogP contribution in [0.4, 0.5) is 17.6 Å². The predicted molar refractivity (Wildman–Crippen MR) is 217 cm³/mol. The number of hydrogen-bond donors (Lipinski definition) is 8. The molecule has 2 aliphatic rings. The molecule has 58 heavy (non-hydrogen) atoms. The molecule has 0 radical (unpaired) electrons. The van der Waals surface area contributed by atoms with Gasteiger partial charge in [0.15, 0.2) is 0 Å². The summed E-state index contributed by atoms with van der Waals surface area (Å²) < 4.78 is 64.6. The van der Waals surface area contributed by atoms with Crippen molar-refractivity contribution in [2.75, 3.05) is 26.3 Å². The number of aromatic hydroxyl groups is 2. The Labute approximate surface area is 347 Å². The van der Waals surface area contributed by atoms with Gasteiger partial charge in [0.2, 0.25) is 5.91 Å². The number of aliphatic hydroxyl groups is 2. The minimum Gasteiger partial charge on any atom is -0.508 e. The van der Waals surface area contributed by atoms with E-state index in [1.807, 2.05) is 0 Å². The van der Waals surface area contributed by atoms with E-state index in [1.54, 1.807) is 36.4 Å². The van der Waals surface area contributed by atoms with Crippen molar-refractivity contribution >= 4 is 30.7 Å². The van der Waals surface area contributed by atoms with E-state index in [9.17, 15) is 42.8 Å². The molecule has 6 atom stereocenters. The maximum Gasteiger partial charge on any atom is 0.217 e. The van der Waals surface area contributed by atoms with Crippen molar-refractivity contribution in [3.8, 4) is 23.0 Å². The van der Waals surface area contributed by atoms with Crippen molar-refractivity contribution < 1.29 is 52.3 Å². The molecule has 0 spiro atoms. The van der Waals surface area contributed by atoms with Crippen LogP contribution in [0.25, 0.3) is 0 Å². The Morgan fingerprint density at radius 3 is 1.55 bits per heavy atom. The lowest BCUT2D eigenvalue weighted by molar-refractivity contribution is -0.120. The molecule has 17 heteroatoms. The lowest BCUT2D eigenvalue weighted by Gasteiger charge is -2.30. The molecule has 2 aliphatic heterocycles. The van der Waals surface area contributed by atoms with Crippen LogP contribution < -0.4 is 31.2 Å². The fraction of sp³-hybridized carbons (Fsp3) is 0.390. The first kappa shape index (κ1) is 49.8. The topological polar surface area (TPSA) is 179 Å². The van der Waals surface area contributed by atoms with Crippen LogP contribution in [0.2, 0.25) is 0 Å². The molecule has 0 saturated heterocycles. The smallest absolute Gasteiger partial charge is 0.217 e. The molecule has 6 rings (SSSR count). The Hall–Kier alpha value is -4.35. The zero-order valence-corrected chi connectivity index (χ0v) is 32.6. The first-order valence-corrected chi connectivity index (χ1v) is 17.9. The number of amides is 1. The molecule has 0 fully saturated rings. The highest BCUT2D eigenvalue weighted by Crippen LogP contribution is 2.35. The number of hydrogen-bond acceptors (Lipinski definition) is 10. The predicted octanol–water partition coefficient (Wildman–Crippen LogP) is 5.69. The van der Waals surface area contributed by atoms with E-state index >= 15 is 0 Å². The Morgan fingerprint density at radius 2 is 1.12 bits per heavy atom. The number of benzene rings is 4. The van der Waals surface area contributed by atoms with Gasteiger partial charge in [-0.1, -0.05) is 7.43 Å². The molecule has 0 aromatic heterocycles. The highest BCUT2D eigenvalue weighted by atomic mass is 35.5. The molecular weight excluding hydrogens is 807 g/mol. The van der Waals surface area contributed by atoms with Crippen LogP contribution in [0.1, 0.15) is 61.5 Å². The third-order valence-corrected chi connectivity index (χ3v) is 9.33. The lowest BCUT2D eigenvalue weighted by Crippen LogP contribution is -2.48. The Bertz CT molecular complexity index is 1890. The summed E-state index contributed by atoms with van der Waals surface area (Å²) in [5, 5.41) is 49.4. The largest absolute Gasteiger partial charge is 0.508 e. The van der Waals surface area contributed by atoms with Gasteiger partial charge >= 0.3 is 0 Å². The fourth-order valence-electron chi connectivity index (χ4n) is 6.67. The van der Waals surface area contributed by atoms with Crippen LogP contribution in [0, 0.1) is 23.3 Å². The van der Waals surface area contributed by atoms with Crippen LogP contribution >= 0.6 is 24.8 Å². The van der Waals surface area contributed by atoms with Gasteiger partial charge in [0, 0.05) is 74.2 Å². The molecule has 11 nitrogen and oxygen atoms in total. The van der Waals surface area contributed by atoms with Crippen molar-refractivity contribution in [3.63, 3.8) is 0 Å². The molecular formula is C41H52Cl2F4N4O7. The molecule has 4 aromatic rings. The highest BCUT2D eigenvalue weighted by molar-refractivity contribution is 5.85. The number of rotatable bonds is 13. The van der Waals surface area contributed by atoms with Gasteiger partial charge in [-0.15, -0.1) is 24.8 Å². The van der Waals surface area contributed by atoms with E-state index in [4.69, 9.17) is 15.2 Å². The number of aliphatic hydroxyl groups excluding tert-OH is 2. The maximum atomic E-state index is 13.5. The lowest BCUT2D eigenvalue weighted by atomic mass is 9.98. The summed E-state index contributed by atoms with van der Waals surface area (Å²) in [6.45, 7) is 2.67. The van der Waals surface area contributed by atoms with Crippen molar-refractivity contribution in [2.45, 2.75) is 76.4 Å². The average molecular weight is 860 g/mol. The van der Waals surface area contributed by atoms with E-state index in [1.165, 1.54) is 31.2 Å². The van der Waals surface area contributed by atoms with E-state index in [2.05, 4.69) is 16.0 Å². The van der Waals surface area contributed by atoms with E-state index in [-0.39, 0.29) is 87.7 Å². The van der Waals surface area contributed by atoms with Gasteiger partial charge < -0.3 is 51.6 Å². The molecule has 0 saturated carbocycles. The summed E-state index contributed by atoms with van der Waals surface area (Å²) in [7, 11) is 0. The summed E-state index contributed by atoms with van der Waals surface area (Å²) in [4.78, 5) is 11.6. The van der Waals surface area contributed by atoms with Crippen LogP contribution in [0.15, 0.2) is 72.8 Å². The van der Waals surface area contributed by atoms with Gasteiger partial charge in [0.1, 0.15) is 46.3 Å². The van der Waals surface area contributed by atoms with Crippen molar-refractivity contribution in [2.24, 2.45) is 5.73 Å². The molecule has 9 N–H and O–H groups in total. The Morgan fingerprint density at radius 1 is 0.707 bits per heavy atom. The zero-order chi connectivity index (χ0) is 39.6. The number of carbonyl (C=O) groups is 1. The second-order valence-electron chi connectivity index (χ2n) is 13.7. The average Bonchev–Trinajstić information content (AvgIpc) is 3.11. The van der Waals surface area contributed by atoms with Crippen LogP contribution in [0.5, 0.6) is 23.0 Å². The second kappa shape index (κ2) is 23.3. The first-order valence-electron chi connectivity index (χ1n) is 17.9. The first-order chi connectivity index (χ1) is 26.2. The van der Waals surface area contributed by atoms with Crippen molar-refractivity contribution in [3.05, 3.63) is 118 Å². The summed E-state index contributed by atoms with van der Waals surface area (Å²) in [5.41, 5.74) is 8.32. The third kappa shape index (κ3) is 14.5. The quantitative estimate of drug-likeness (QED) is 0.0780. The van der Waals surface area contributed by atoms with E-state index in [0.29, 0.717) is 48.7 Å². The molecule has 0 aliphatic carbocycles. The number of carbonyl (C=O) groups excluding carboxylic acids is 1. The number of halogens is 6. The number of fused-ring (bicyclic) bond motifs is 2. The number of phenols is 2. The SMILES string of the molecule is C.CC(=O)N[C@@H](Cc1cc(F)cc(F)c1)[C@H](O)CN[C@H]1CCOc2ccc(O)cc21.Cl.Cl.N[C@@H](Cc1cc(F)cc(F)c1)[C@H](O)CN[C@H]1CCOc2ccc(O)cc21. The van der Waals surface area contributed by atoms with Gasteiger partial charge in [0.05, 0.1) is 31.5 Å². The standard InChI is InChI=1S/C21H24F2N2O4.C19H22F2N2O3.CH4.2ClH/c1-12(26)25-19(8-13-6-14(22)9-15(23)7-13)20(28)11-24-18-4-5-29-21-3-2-16(27)10-17(18)21;20-12-5-11(6-13(21)8-12)7-16(22)18(25)10-23-17-3-4-26-19-2-1-14(24)9-15(17)19;;;/h2-3,6-7,9-10,18-20,24,27-28H,4-5,8,11H2,1H3,(H,25,26);1-2,5-6,8-9,16-18,23-25H,3-4,7,10,22H2;1H4;2*1H/t18-,19-,20+;16-,17-,18+;;;/m00.../s1. The van der Waals surface area contributed by atoms with Crippen LogP contribution in [-0.4, -0.2) is 76.9 Å². The highest BCUT2D eigenvalue weighted by Gasteiger charge is 2.27. The van der Waals surface area contributed by atoms with Crippen LogP contribution in [0.3, 0.4) is 0 Å². The molecule has 2 heterocycles. The summed E-state index contributed by atoms with van der Waals surface area (Å²) in [6, 6.07) is 14.4. The minimum absolute atomic E-state index is 0. The third-order valence-electron chi connectivity index (χ3n) is 9.33.